The quantitative estimate of drug-likeness (QED) is 0.0349. The van der Waals surface area contributed by atoms with Gasteiger partial charge in [-0.05, 0) is 25.2 Å². The lowest BCUT2D eigenvalue weighted by atomic mass is 10.0. The summed E-state index contributed by atoms with van der Waals surface area (Å²) in [5.41, 5.74) is 0. The van der Waals surface area contributed by atoms with Crippen LogP contribution >= 0.6 is 0 Å². The van der Waals surface area contributed by atoms with Crippen LogP contribution in [-0.2, 0) is 28.6 Å². The van der Waals surface area contributed by atoms with Gasteiger partial charge in [0.1, 0.15) is 13.2 Å². The summed E-state index contributed by atoms with van der Waals surface area (Å²) >= 11 is 0. The van der Waals surface area contributed by atoms with Gasteiger partial charge in [-0.15, -0.1) is 0 Å². The van der Waals surface area contributed by atoms with Crippen molar-refractivity contribution in [3.8, 4) is 0 Å². The molecule has 0 saturated carbocycles. The van der Waals surface area contributed by atoms with Gasteiger partial charge < -0.3 is 14.2 Å². The third-order valence-corrected chi connectivity index (χ3v) is 10.8. The maximum Gasteiger partial charge on any atom is 0.306 e. The van der Waals surface area contributed by atoms with Gasteiger partial charge in [-0.2, -0.15) is 0 Å². The molecule has 0 spiro atoms. The molecule has 0 aromatic heterocycles. The number of carbonyl (C=O) groups excluding carboxylic acids is 3. The van der Waals surface area contributed by atoms with E-state index >= 15 is 0 Å². The van der Waals surface area contributed by atoms with Crippen LogP contribution in [0.5, 0.6) is 0 Å². The highest BCUT2D eigenvalue weighted by molar-refractivity contribution is 5.71. The van der Waals surface area contributed by atoms with Crippen molar-refractivity contribution in [2.75, 3.05) is 13.2 Å². The predicted molar refractivity (Wildman–Crippen MR) is 229 cm³/mol. The Bertz CT molecular complexity index is 811. The largest absolute Gasteiger partial charge is 0.462 e. The Labute approximate surface area is 336 Å². The van der Waals surface area contributed by atoms with Gasteiger partial charge in [0.05, 0.1) is 0 Å². The molecule has 0 heterocycles. The van der Waals surface area contributed by atoms with Gasteiger partial charge in [-0.25, -0.2) is 0 Å². The molecule has 0 aromatic carbocycles. The van der Waals surface area contributed by atoms with Crippen LogP contribution in [0.15, 0.2) is 0 Å². The zero-order chi connectivity index (χ0) is 39.6. The lowest BCUT2D eigenvalue weighted by Crippen LogP contribution is -2.30. The average molecular weight is 765 g/mol. The Morgan fingerprint density at radius 2 is 0.611 bits per heavy atom. The van der Waals surface area contributed by atoms with E-state index in [2.05, 4.69) is 27.7 Å². The second kappa shape index (κ2) is 42.6. The zero-order valence-corrected chi connectivity index (χ0v) is 36.7. The first-order chi connectivity index (χ1) is 26.4. The van der Waals surface area contributed by atoms with E-state index < -0.39 is 6.10 Å². The first-order valence-electron chi connectivity index (χ1n) is 23.9. The maximum absolute atomic E-state index is 12.7. The number of rotatable bonds is 43. The van der Waals surface area contributed by atoms with Crippen molar-refractivity contribution in [2.45, 2.75) is 271 Å². The number of esters is 3. The van der Waals surface area contributed by atoms with Crippen LogP contribution in [0.1, 0.15) is 265 Å². The second-order valence-electron chi connectivity index (χ2n) is 16.9. The van der Waals surface area contributed by atoms with Crippen LogP contribution < -0.4 is 0 Å². The molecule has 0 unspecified atom stereocenters. The van der Waals surface area contributed by atoms with Crippen LogP contribution in [0.25, 0.3) is 0 Å². The minimum atomic E-state index is -0.758. The molecule has 54 heavy (non-hydrogen) atoms. The van der Waals surface area contributed by atoms with Crippen LogP contribution in [0.3, 0.4) is 0 Å². The van der Waals surface area contributed by atoms with Crippen LogP contribution in [0.2, 0.25) is 0 Å². The molecule has 0 amide bonds. The predicted octanol–water partition coefficient (Wildman–Crippen LogP) is 15.1. The summed E-state index contributed by atoms with van der Waals surface area (Å²) in [6.07, 6.45) is 42.4. The Morgan fingerprint density at radius 1 is 0.352 bits per heavy atom. The van der Waals surface area contributed by atoms with Gasteiger partial charge in [0, 0.05) is 19.3 Å². The van der Waals surface area contributed by atoms with E-state index in [4.69, 9.17) is 14.2 Å². The molecule has 0 aliphatic carbocycles. The number of ether oxygens (including phenoxy) is 3. The van der Waals surface area contributed by atoms with E-state index in [0.717, 1.165) is 63.7 Å². The fraction of sp³-hybridized carbons (Fsp3) is 0.938. The smallest absolute Gasteiger partial charge is 0.306 e. The van der Waals surface area contributed by atoms with E-state index in [1.165, 1.54) is 161 Å². The fourth-order valence-electron chi connectivity index (χ4n) is 7.16. The van der Waals surface area contributed by atoms with Gasteiger partial charge in [-0.1, -0.05) is 227 Å². The average Bonchev–Trinajstić information content (AvgIpc) is 3.15. The SMILES string of the molecule is CCCCCCCCCCCCCCC(=O)OC[C@H](COC(=O)CCCCCCCCC)OC(=O)CCCCCCCCCCCCCCCCC(C)C. The van der Waals surface area contributed by atoms with Crippen molar-refractivity contribution in [3.05, 3.63) is 0 Å². The molecular weight excluding hydrogens is 673 g/mol. The molecule has 0 bridgehead atoms. The van der Waals surface area contributed by atoms with Crippen LogP contribution in [-0.4, -0.2) is 37.2 Å². The monoisotopic (exact) mass is 765 g/mol. The van der Waals surface area contributed by atoms with Gasteiger partial charge in [0.25, 0.3) is 0 Å². The first-order valence-corrected chi connectivity index (χ1v) is 23.9. The summed E-state index contributed by atoms with van der Waals surface area (Å²) < 4.78 is 16.7. The third kappa shape index (κ3) is 41.6. The molecule has 0 aromatic rings. The Morgan fingerprint density at radius 3 is 0.907 bits per heavy atom. The molecule has 0 N–H and O–H groups in total. The third-order valence-electron chi connectivity index (χ3n) is 10.8. The summed E-state index contributed by atoms with van der Waals surface area (Å²) in [5.74, 6) is -0.0132. The molecule has 6 heteroatoms. The number of carbonyl (C=O) groups is 3. The summed E-state index contributed by atoms with van der Waals surface area (Å²) in [4.78, 5) is 37.6. The molecule has 320 valence electrons. The molecule has 0 aliphatic heterocycles. The maximum atomic E-state index is 12.7. The van der Waals surface area contributed by atoms with Gasteiger partial charge in [0.2, 0.25) is 0 Å². The summed E-state index contributed by atoms with van der Waals surface area (Å²) in [5, 5.41) is 0. The molecule has 0 aliphatic rings. The van der Waals surface area contributed by atoms with E-state index in [0.29, 0.717) is 19.3 Å². The molecular formula is C48H92O6. The standard InChI is InChI=1S/C48H92O6/c1-5-7-9-11-13-14-15-21-24-28-32-36-40-47(50)53-43-45(42-52-46(49)39-35-31-26-12-10-8-6-2)54-48(51)41-37-33-29-25-22-19-17-16-18-20-23-27-30-34-38-44(3)4/h44-45H,5-43H2,1-4H3/t45-/m0/s1. The van der Waals surface area contributed by atoms with Crippen molar-refractivity contribution in [1.82, 2.24) is 0 Å². The lowest BCUT2D eigenvalue weighted by Gasteiger charge is -2.18. The molecule has 1 atom stereocenters. The van der Waals surface area contributed by atoms with Gasteiger partial charge in [-0.3, -0.25) is 14.4 Å². The van der Waals surface area contributed by atoms with Crippen LogP contribution in [0, 0.1) is 5.92 Å². The first kappa shape index (κ1) is 52.4. The topological polar surface area (TPSA) is 78.9 Å². The molecule has 0 rings (SSSR count). The highest BCUT2D eigenvalue weighted by atomic mass is 16.6. The molecule has 0 fully saturated rings. The summed E-state index contributed by atoms with van der Waals surface area (Å²) in [6, 6.07) is 0. The second-order valence-corrected chi connectivity index (χ2v) is 16.9. The Kier molecular flexibility index (Phi) is 41.3. The normalized spacial score (nSPS) is 11.9. The minimum absolute atomic E-state index is 0.0637. The van der Waals surface area contributed by atoms with Crippen molar-refractivity contribution in [3.63, 3.8) is 0 Å². The van der Waals surface area contributed by atoms with Crippen molar-refractivity contribution < 1.29 is 28.6 Å². The van der Waals surface area contributed by atoms with Gasteiger partial charge in [0.15, 0.2) is 6.10 Å². The van der Waals surface area contributed by atoms with Gasteiger partial charge >= 0.3 is 17.9 Å². The summed E-state index contributed by atoms with van der Waals surface area (Å²) in [6.45, 7) is 8.98. The minimum Gasteiger partial charge on any atom is -0.462 e. The van der Waals surface area contributed by atoms with Crippen molar-refractivity contribution in [2.24, 2.45) is 5.92 Å². The zero-order valence-electron chi connectivity index (χ0n) is 36.7. The molecule has 0 saturated heterocycles. The lowest BCUT2D eigenvalue weighted by molar-refractivity contribution is -0.167. The van der Waals surface area contributed by atoms with E-state index in [1.807, 2.05) is 0 Å². The fourth-order valence-corrected chi connectivity index (χ4v) is 7.16. The molecule has 0 radical (unpaired) electrons. The Hall–Kier alpha value is -1.59. The highest BCUT2D eigenvalue weighted by Gasteiger charge is 2.19. The number of hydrogen-bond acceptors (Lipinski definition) is 6. The van der Waals surface area contributed by atoms with E-state index in [1.54, 1.807) is 0 Å². The van der Waals surface area contributed by atoms with Crippen molar-refractivity contribution in [1.29, 1.82) is 0 Å². The van der Waals surface area contributed by atoms with Crippen LogP contribution in [0.4, 0.5) is 0 Å². The summed E-state index contributed by atoms with van der Waals surface area (Å²) in [7, 11) is 0. The molecule has 6 nitrogen and oxygen atoms in total. The van der Waals surface area contributed by atoms with E-state index in [9.17, 15) is 14.4 Å². The van der Waals surface area contributed by atoms with Crippen molar-refractivity contribution >= 4 is 17.9 Å². The number of hydrogen-bond donors (Lipinski definition) is 0. The van der Waals surface area contributed by atoms with E-state index in [-0.39, 0.29) is 31.1 Å². The highest BCUT2D eigenvalue weighted by Crippen LogP contribution is 2.16. The Balaban J connectivity index is 4.22. The number of unbranched alkanes of at least 4 members (excludes halogenated alkanes) is 30.